The molecule has 2 amide bonds. The van der Waals surface area contributed by atoms with Gasteiger partial charge in [0.1, 0.15) is 0 Å². The van der Waals surface area contributed by atoms with Gasteiger partial charge in [-0.2, -0.15) is 0 Å². The van der Waals surface area contributed by atoms with Gasteiger partial charge in [0.2, 0.25) is 11.8 Å². The van der Waals surface area contributed by atoms with E-state index in [9.17, 15) is 9.59 Å². The third kappa shape index (κ3) is 4.46. The van der Waals surface area contributed by atoms with Gasteiger partial charge >= 0.3 is 0 Å². The molecule has 0 bridgehead atoms. The monoisotopic (exact) mass is 383 g/mol. The molecule has 1 aromatic carbocycles. The van der Waals surface area contributed by atoms with Gasteiger partial charge in [-0.15, -0.1) is 10.2 Å². The number of pyridine rings is 1. The summed E-state index contributed by atoms with van der Waals surface area (Å²) in [6, 6.07) is 11.4. The molecule has 3 aromatic rings. The zero-order valence-electron chi connectivity index (χ0n) is 15.4. The SMILES string of the molecule is Cc1cccc(C)c1NC(=O)CNC(=O)C(C)Sc1nnc2ccccn12. The van der Waals surface area contributed by atoms with Gasteiger partial charge in [0, 0.05) is 11.9 Å². The second-order valence-electron chi connectivity index (χ2n) is 6.20. The van der Waals surface area contributed by atoms with Crippen LogP contribution in [0.15, 0.2) is 47.8 Å². The molecule has 0 saturated heterocycles. The van der Waals surface area contributed by atoms with Gasteiger partial charge < -0.3 is 10.6 Å². The number of aryl methyl sites for hydroxylation is 2. The lowest BCUT2D eigenvalue weighted by Gasteiger charge is -2.13. The molecular formula is C19H21N5O2S. The van der Waals surface area contributed by atoms with Gasteiger partial charge in [-0.1, -0.05) is 36.0 Å². The molecule has 1 unspecified atom stereocenters. The number of amides is 2. The summed E-state index contributed by atoms with van der Waals surface area (Å²) >= 11 is 1.29. The van der Waals surface area contributed by atoms with Crippen LogP contribution >= 0.6 is 11.8 Å². The van der Waals surface area contributed by atoms with Gasteiger partial charge in [-0.05, 0) is 44.0 Å². The lowest BCUT2D eigenvalue weighted by atomic mass is 10.1. The minimum Gasteiger partial charge on any atom is -0.346 e. The van der Waals surface area contributed by atoms with E-state index in [-0.39, 0.29) is 18.4 Å². The number of benzene rings is 1. The number of hydrogen-bond donors (Lipinski definition) is 2. The molecule has 8 heteroatoms. The van der Waals surface area contributed by atoms with Crippen molar-refractivity contribution in [3.8, 4) is 0 Å². The van der Waals surface area contributed by atoms with Crippen LogP contribution in [0, 0.1) is 13.8 Å². The van der Waals surface area contributed by atoms with Crippen molar-refractivity contribution in [3.05, 3.63) is 53.7 Å². The number of para-hydroxylation sites is 1. The van der Waals surface area contributed by atoms with Gasteiger partial charge in [-0.3, -0.25) is 14.0 Å². The number of nitrogens with one attached hydrogen (secondary N) is 2. The average molecular weight is 383 g/mol. The first-order chi connectivity index (χ1) is 13.0. The fraction of sp³-hybridized carbons (Fsp3) is 0.263. The van der Waals surface area contributed by atoms with E-state index in [1.807, 2.05) is 60.8 Å². The van der Waals surface area contributed by atoms with Gasteiger partial charge in [0.25, 0.3) is 0 Å². The smallest absolute Gasteiger partial charge is 0.243 e. The molecule has 0 radical (unpaired) electrons. The third-order valence-corrected chi connectivity index (χ3v) is 5.16. The number of fused-ring (bicyclic) bond motifs is 1. The summed E-state index contributed by atoms with van der Waals surface area (Å²) in [4.78, 5) is 24.5. The number of hydrogen-bond acceptors (Lipinski definition) is 5. The predicted octanol–water partition coefficient (Wildman–Crippen LogP) is 2.58. The highest BCUT2D eigenvalue weighted by molar-refractivity contribution is 8.00. The van der Waals surface area contributed by atoms with E-state index >= 15 is 0 Å². The fourth-order valence-corrected chi connectivity index (χ4v) is 3.48. The highest BCUT2D eigenvalue weighted by atomic mass is 32.2. The molecule has 27 heavy (non-hydrogen) atoms. The molecule has 2 heterocycles. The molecule has 3 rings (SSSR count). The molecule has 0 fully saturated rings. The molecule has 0 aliphatic carbocycles. The standard InChI is InChI=1S/C19H21N5O2S/c1-12-7-6-8-13(2)17(12)21-16(25)11-20-18(26)14(3)27-19-23-22-15-9-4-5-10-24(15)19/h4-10,14H,11H2,1-3H3,(H,20,26)(H,21,25). The van der Waals surface area contributed by atoms with Crippen molar-refractivity contribution in [1.82, 2.24) is 19.9 Å². The summed E-state index contributed by atoms with van der Waals surface area (Å²) in [7, 11) is 0. The van der Waals surface area contributed by atoms with E-state index in [0.29, 0.717) is 5.16 Å². The topological polar surface area (TPSA) is 88.4 Å². The van der Waals surface area contributed by atoms with Crippen LogP contribution in [0.3, 0.4) is 0 Å². The first kappa shape index (κ1) is 18.9. The van der Waals surface area contributed by atoms with E-state index < -0.39 is 5.25 Å². The second kappa shape index (κ2) is 8.22. The van der Waals surface area contributed by atoms with Crippen molar-refractivity contribution in [1.29, 1.82) is 0 Å². The molecule has 7 nitrogen and oxygen atoms in total. The van der Waals surface area contributed by atoms with Gasteiger partial charge in [0.15, 0.2) is 10.8 Å². The molecular weight excluding hydrogens is 362 g/mol. The van der Waals surface area contributed by atoms with Crippen molar-refractivity contribution in [2.24, 2.45) is 0 Å². The van der Waals surface area contributed by atoms with E-state index in [1.54, 1.807) is 6.92 Å². The summed E-state index contributed by atoms with van der Waals surface area (Å²) < 4.78 is 1.82. The average Bonchev–Trinajstić information content (AvgIpc) is 3.06. The van der Waals surface area contributed by atoms with Crippen molar-refractivity contribution in [3.63, 3.8) is 0 Å². The Bertz CT molecular complexity index is 965. The zero-order chi connectivity index (χ0) is 19.4. The summed E-state index contributed by atoms with van der Waals surface area (Å²) in [5.41, 5.74) is 3.48. The Morgan fingerprint density at radius 3 is 2.59 bits per heavy atom. The maximum absolute atomic E-state index is 12.3. The molecule has 0 saturated carbocycles. The highest BCUT2D eigenvalue weighted by Gasteiger charge is 2.18. The highest BCUT2D eigenvalue weighted by Crippen LogP contribution is 2.22. The summed E-state index contributed by atoms with van der Waals surface area (Å²) in [5, 5.41) is 13.9. The van der Waals surface area contributed by atoms with Gasteiger partial charge in [-0.25, -0.2) is 0 Å². The van der Waals surface area contributed by atoms with Crippen LogP contribution in [0.1, 0.15) is 18.1 Å². The molecule has 0 aliphatic heterocycles. The Balaban J connectivity index is 1.55. The van der Waals surface area contributed by atoms with Crippen LogP contribution in [0.4, 0.5) is 5.69 Å². The van der Waals surface area contributed by atoms with Crippen LogP contribution in [0.5, 0.6) is 0 Å². The maximum atomic E-state index is 12.3. The van der Waals surface area contributed by atoms with E-state index in [0.717, 1.165) is 22.5 Å². The Morgan fingerprint density at radius 1 is 1.11 bits per heavy atom. The van der Waals surface area contributed by atoms with Crippen LogP contribution in [0.25, 0.3) is 5.65 Å². The Morgan fingerprint density at radius 2 is 1.85 bits per heavy atom. The summed E-state index contributed by atoms with van der Waals surface area (Å²) in [6.45, 7) is 5.55. The number of carbonyl (C=O) groups excluding carboxylic acids is 2. The molecule has 2 N–H and O–H groups in total. The molecule has 1 atom stereocenters. The normalized spacial score (nSPS) is 12.0. The molecule has 0 aliphatic rings. The fourth-order valence-electron chi connectivity index (χ4n) is 2.62. The van der Waals surface area contributed by atoms with Crippen LogP contribution in [-0.2, 0) is 9.59 Å². The van der Waals surface area contributed by atoms with E-state index in [2.05, 4.69) is 20.8 Å². The van der Waals surface area contributed by atoms with Crippen LogP contribution < -0.4 is 10.6 Å². The number of anilines is 1. The number of aromatic nitrogens is 3. The van der Waals surface area contributed by atoms with E-state index in [1.165, 1.54) is 11.8 Å². The number of thioether (sulfide) groups is 1. The number of nitrogens with zero attached hydrogens (tertiary/aromatic N) is 3. The predicted molar refractivity (Wildman–Crippen MR) is 106 cm³/mol. The zero-order valence-corrected chi connectivity index (χ0v) is 16.2. The summed E-state index contributed by atoms with van der Waals surface area (Å²) in [5.74, 6) is -0.491. The third-order valence-electron chi connectivity index (χ3n) is 4.10. The van der Waals surface area contributed by atoms with Crippen molar-refractivity contribution >= 4 is 34.9 Å². The lowest BCUT2D eigenvalue weighted by Crippen LogP contribution is -2.37. The maximum Gasteiger partial charge on any atom is 0.243 e. The van der Waals surface area contributed by atoms with Crippen LogP contribution in [-0.4, -0.2) is 38.2 Å². The Hall–Kier alpha value is -2.87. The number of carbonyl (C=O) groups is 2. The number of rotatable bonds is 6. The first-order valence-corrected chi connectivity index (χ1v) is 9.44. The first-order valence-electron chi connectivity index (χ1n) is 8.56. The van der Waals surface area contributed by atoms with E-state index in [4.69, 9.17) is 0 Å². The molecule has 2 aromatic heterocycles. The minimum absolute atomic E-state index is 0.0852. The summed E-state index contributed by atoms with van der Waals surface area (Å²) in [6.07, 6.45) is 1.85. The van der Waals surface area contributed by atoms with Gasteiger partial charge in [0.05, 0.1) is 11.8 Å². The minimum atomic E-state index is -0.411. The quantitative estimate of drug-likeness (QED) is 0.639. The van der Waals surface area contributed by atoms with Crippen molar-refractivity contribution in [2.45, 2.75) is 31.2 Å². The Labute approximate surface area is 161 Å². The van der Waals surface area contributed by atoms with Crippen molar-refractivity contribution < 1.29 is 9.59 Å². The largest absolute Gasteiger partial charge is 0.346 e. The molecule has 140 valence electrons. The lowest BCUT2D eigenvalue weighted by molar-refractivity contribution is -0.123. The van der Waals surface area contributed by atoms with Crippen LogP contribution in [0.2, 0.25) is 0 Å². The van der Waals surface area contributed by atoms with Crippen molar-refractivity contribution in [2.75, 3.05) is 11.9 Å². The second-order valence-corrected chi connectivity index (χ2v) is 7.51. The molecule has 0 spiro atoms. The Kier molecular flexibility index (Phi) is 5.75.